The zero-order chi connectivity index (χ0) is 15.4. The van der Waals surface area contributed by atoms with Crippen LogP contribution in [0.1, 0.15) is 23.2 Å². The summed E-state index contributed by atoms with van der Waals surface area (Å²) in [5, 5.41) is 14.7. The maximum absolute atomic E-state index is 11.9. The topological polar surface area (TPSA) is 81.7 Å². The molecule has 0 aliphatic carbocycles. The summed E-state index contributed by atoms with van der Waals surface area (Å²) < 4.78 is 0. The van der Waals surface area contributed by atoms with E-state index in [1.807, 2.05) is 7.05 Å². The Labute approximate surface area is 128 Å². The van der Waals surface area contributed by atoms with Gasteiger partial charge in [-0.2, -0.15) is 0 Å². The van der Waals surface area contributed by atoms with E-state index in [1.54, 1.807) is 0 Å². The molecule has 0 spiro atoms. The summed E-state index contributed by atoms with van der Waals surface area (Å²) in [6.07, 6.45) is 1.98. The van der Waals surface area contributed by atoms with Crippen molar-refractivity contribution in [3.8, 4) is 0 Å². The molecule has 0 saturated carbocycles. The largest absolute Gasteiger partial charge is 0.478 e. The van der Waals surface area contributed by atoms with Gasteiger partial charge in [-0.25, -0.2) is 9.59 Å². The molecule has 7 heteroatoms. The molecule has 3 N–H and O–H groups in total. The number of carbonyl (C=O) groups is 2. The molecule has 6 nitrogen and oxygen atoms in total. The van der Waals surface area contributed by atoms with Crippen molar-refractivity contribution < 1.29 is 14.7 Å². The number of urea groups is 1. The van der Waals surface area contributed by atoms with Gasteiger partial charge in [-0.05, 0) is 44.6 Å². The van der Waals surface area contributed by atoms with Gasteiger partial charge in [-0.15, -0.1) is 0 Å². The maximum Gasteiger partial charge on any atom is 0.335 e. The predicted octanol–water partition coefficient (Wildman–Crippen LogP) is 2.25. The summed E-state index contributed by atoms with van der Waals surface area (Å²) in [5.74, 6) is -1.09. The van der Waals surface area contributed by atoms with E-state index in [1.165, 1.54) is 18.2 Å². The molecule has 1 aromatic rings. The number of likely N-dealkylation sites (tertiary alicyclic amines) is 1. The normalized spacial score (nSPS) is 19.0. The molecule has 1 atom stereocenters. The van der Waals surface area contributed by atoms with Crippen LogP contribution in [0.25, 0.3) is 0 Å². The number of aromatic carboxylic acids is 1. The summed E-state index contributed by atoms with van der Waals surface area (Å²) in [6, 6.07) is 3.97. The van der Waals surface area contributed by atoms with Gasteiger partial charge < -0.3 is 20.6 Å². The average molecular weight is 312 g/mol. The summed E-state index contributed by atoms with van der Waals surface area (Å²) >= 11 is 5.85. The first-order valence-corrected chi connectivity index (χ1v) is 7.12. The molecular weight excluding hydrogens is 294 g/mol. The lowest BCUT2D eigenvalue weighted by Gasteiger charge is -2.30. The molecule has 0 radical (unpaired) electrons. The van der Waals surface area contributed by atoms with Gasteiger partial charge in [0.05, 0.1) is 5.56 Å². The third-order valence-electron chi connectivity index (χ3n) is 3.36. The lowest BCUT2D eigenvalue weighted by molar-refractivity contribution is 0.0697. The van der Waals surface area contributed by atoms with Crippen molar-refractivity contribution >= 4 is 29.3 Å². The number of rotatable bonds is 3. The van der Waals surface area contributed by atoms with Crippen molar-refractivity contribution in [2.75, 3.05) is 25.5 Å². The number of likely N-dealkylation sites (N-methyl/N-ethyl adjacent to an activating group) is 1. The molecule has 1 unspecified atom stereocenters. The fourth-order valence-electron chi connectivity index (χ4n) is 2.42. The number of piperidine rings is 1. The molecule has 0 bridgehead atoms. The van der Waals surface area contributed by atoms with E-state index in [0.29, 0.717) is 5.69 Å². The van der Waals surface area contributed by atoms with Gasteiger partial charge in [0.2, 0.25) is 0 Å². The number of nitrogens with one attached hydrogen (secondary N) is 2. The smallest absolute Gasteiger partial charge is 0.335 e. The number of carbonyl (C=O) groups excluding carboxylic acids is 1. The van der Waals surface area contributed by atoms with Gasteiger partial charge >= 0.3 is 12.0 Å². The first kappa shape index (κ1) is 15.6. The van der Waals surface area contributed by atoms with Crippen LogP contribution in [0, 0.1) is 0 Å². The number of carboxylic acid groups (broad SMARTS) is 1. The van der Waals surface area contributed by atoms with E-state index in [4.69, 9.17) is 16.7 Å². The molecule has 1 aliphatic heterocycles. The molecule has 2 rings (SSSR count). The summed E-state index contributed by atoms with van der Waals surface area (Å²) in [6.45, 7) is 1.85. The highest BCUT2D eigenvalue weighted by Gasteiger charge is 2.19. The Morgan fingerprint density at radius 3 is 2.81 bits per heavy atom. The zero-order valence-corrected chi connectivity index (χ0v) is 12.5. The number of nitrogens with zero attached hydrogens (tertiary/aromatic N) is 1. The van der Waals surface area contributed by atoms with Gasteiger partial charge in [0.15, 0.2) is 0 Å². The summed E-state index contributed by atoms with van der Waals surface area (Å²) in [5.41, 5.74) is 0.400. The number of halogens is 1. The van der Waals surface area contributed by atoms with Crippen molar-refractivity contribution in [1.82, 2.24) is 10.2 Å². The van der Waals surface area contributed by atoms with Crippen molar-refractivity contribution in [1.29, 1.82) is 0 Å². The Balaban J connectivity index is 1.97. The minimum Gasteiger partial charge on any atom is -0.478 e. The highest BCUT2D eigenvalue weighted by atomic mass is 35.5. The maximum atomic E-state index is 11.9. The van der Waals surface area contributed by atoms with Crippen LogP contribution in [0.5, 0.6) is 0 Å². The van der Waals surface area contributed by atoms with Crippen LogP contribution in [0.4, 0.5) is 10.5 Å². The van der Waals surface area contributed by atoms with Crippen LogP contribution in [0.15, 0.2) is 18.2 Å². The SMILES string of the molecule is CN1CCCC(NC(=O)Nc2cc(Cl)cc(C(=O)O)c2)C1. The fraction of sp³-hybridized carbons (Fsp3) is 0.429. The van der Waals surface area contributed by atoms with Crippen LogP contribution in [0.3, 0.4) is 0 Å². The molecule has 1 heterocycles. The van der Waals surface area contributed by atoms with Crippen molar-refractivity contribution in [2.45, 2.75) is 18.9 Å². The second kappa shape index (κ2) is 6.78. The van der Waals surface area contributed by atoms with Gasteiger partial charge in [0.1, 0.15) is 0 Å². The number of anilines is 1. The van der Waals surface area contributed by atoms with E-state index < -0.39 is 5.97 Å². The summed E-state index contributed by atoms with van der Waals surface area (Å²) in [4.78, 5) is 25.1. The van der Waals surface area contributed by atoms with E-state index >= 15 is 0 Å². The Kier molecular flexibility index (Phi) is 5.03. The molecule has 2 amide bonds. The molecular formula is C14H18ClN3O3. The van der Waals surface area contributed by atoms with Crippen molar-refractivity contribution in [3.05, 3.63) is 28.8 Å². The zero-order valence-electron chi connectivity index (χ0n) is 11.7. The van der Waals surface area contributed by atoms with Crippen LogP contribution in [-0.2, 0) is 0 Å². The first-order chi connectivity index (χ1) is 9.94. The lowest BCUT2D eigenvalue weighted by atomic mass is 10.1. The third kappa shape index (κ3) is 4.61. The van der Waals surface area contributed by atoms with Gasteiger partial charge in [-0.1, -0.05) is 11.6 Å². The number of carboxylic acids is 1. The second-order valence-electron chi connectivity index (χ2n) is 5.23. The van der Waals surface area contributed by atoms with Crippen LogP contribution >= 0.6 is 11.6 Å². The van der Waals surface area contributed by atoms with Crippen LogP contribution in [0.2, 0.25) is 5.02 Å². The fourth-order valence-corrected chi connectivity index (χ4v) is 2.66. The highest BCUT2D eigenvalue weighted by Crippen LogP contribution is 2.19. The Morgan fingerprint density at radius 1 is 1.38 bits per heavy atom. The number of hydrogen-bond donors (Lipinski definition) is 3. The quantitative estimate of drug-likeness (QED) is 0.799. The Bertz CT molecular complexity index is 550. The number of benzene rings is 1. The third-order valence-corrected chi connectivity index (χ3v) is 3.58. The Hall–Kier alpha value is -1.79. The van der Waals surface area contributed by atoms with Crippen LogP contribution in [-0.4, -0.2) is 48.2 Å². The predicted molar refractivity (Wildman–Crippen MR) is 81.1 cm³/mol. The molecule has 1 saturated heterocycles. The molecule has 1 fully saturated rings. The highest BCUT2D eigenvalue weighted by molar-refractivity contribution is 6.31. The van der Waals surface area contributed by atoms with E-state index in [-0.39, 0.29) is 22.7 Å². The minimum absolute atomic E-state index is 0.0372. The Morgan fingerprint density at radius 2 is 2.14 bits per heavy atom. The van der Waals surface area contributed by atoms with Crippen molar-refractivity contribution in [2.24, 2.45) is 0 Å². The van der Waals surface area contributed by atoms with Crippen molar-refractivity contribution in [3.63, 3.8) is 0 Å². The van der Waals surface area contributed by atoms with Gasteiger partial charge in [0, 0.05) is 23.3 Å². The van der Waals surface area contributed by atoms with E-state index in [2.05, 4.69) is 15.5 Å². The molecule has 21 heavy (non-hydrogen) atoms. The van der Waals surface area contributed by atoms with E-state index in [0.717, 1.165) is 25.9 Å². The standard InChI is InChI=1S/C14H18ClN3O3/c1-18-4-2-3-11(8-18)16-14(21)17-12-6-9(13(19)20)5-10(15)7-12/h5-7,11H,2-4,8H2,1H3,(H,19,20)(H2,16,17,21). The van der Waals surface area contributed by atoms with Crippen LogP contribution < -0.4 is 10.6 Å². The summed E-state index contributed by atoms with van der Waals surface area (Å²) in [7, 11) is 2.02. The monoisotopic (exact) mass is 311 g/mol. The molecule has 114 valence electrons. The molecule has 0 aromatic heterocycles. The first-order valence-electron chi connectivity index (χ1n) is 6.74. The second-order valence-corrected chi connectivity index (χ2v) is 5.67. The lowest BCUT2D eigenvalue weighted by Crippen LogP contribution is -2.47. The van der Waals surface area contributed by atoms with Gasteiger partial charge in [0.25, 0.3) is 0 Å². The minimum atomic E-state index is -1.09. The molecule has 1 aromatic carbocycles. The number of amides is 2. The number of hydrogen-bond acceptors (Lipinski definition) is 3. The van der Waals surface area contributed by atoms with Gasteiger partial charge in [-0.3, -0.25) is 0 Å². The van der Waals surface area contributed by atoms with E-state index in [9.17, 15) is 9.59 Å². The average Bonchev–Trinajstić information content (AvgIpc) is 2.37. The molecule has 1 aliphatic rings.